The van der Waals surface area contributed by atoms with Gasteiger partial charge in [-0.3, -0.25) is 0 Å². The van der Waals surface area contributed by atoms with Gasteiger partial charge in [-0.15, -0.1) is 0 Å². The number of alkyl halides is 6. The number of anilines is 1. The van der Waals surface area contributed by atoms with Gasteiger partial charge in [0.25, 0.3) is 0 Å². The smallest absolute Gasteiger partial charge is 0.380 e. The van der Waals surface area contributed by atoms with E-state index in [2.05, 4.69) is 5.32 Å². The van der Waals surface area contributed by atoms with E-state index in [1.165, 1.54) is 0 Å². The van der Waals surface area contributed by atoms with Crippen LogP contribution in [0.25, 0.3) is 0 Å². The summed E-state index contributed by atoms with van der Waals surface area (Å²) in [7, 11) is 0. The molecule has 0 spiro atoms. The molecule has 108 valence electrons. The first-order valence-corrected chi connectivity index (χ1v) is 5.37. The summed E-state index contributed by atoms with van der Waals surface area (Å²) in [6.45, 7) is 4.92. The molecule has 0 atom stereocenters. The first kappa shape index (κ1) is 15.7. The van der Waals surface area contributed by atoms with Crippen LogP contribution < -0.4 is 5.32 Å². The maximum atomic E-state index is 12.6. The molecule has 0 aliphatic carbocycles. The molecule has 0 bridgehead atoms. The lowest BCUT2D eigenvalue weighted by Crippen LogP contribution is -2.26. The first-order chi connectivity index (χ1) is 8.29. The summed E-state index contributed by atoms with van der Waals surface area (Å²) in [6, 6.07) is 1.44. The second-order valence-electron chi connectivity index (χ2n) is 5.17. The molecule has 0 aromatic heterocycles. The van der Waals surface area contributed by atoms with Crippen LogP contribution in [0.3, 0.4) is 0 Å². The molecule has 0 radical (unpaired) electrons. The van der Waals surface area contributed by atoms with Crippen LogP contribution in [0.1, 0.15) is 31.9 Å². The fourth-order valence-electron chi connectivity index (χ4n) is 1.46. The van der Waals surface area contributed by atoms with Crippen LogP contribution in [-0.2, 0) is 12.4 Å². The van der Waals surface area contributed by atoms with E-state index in [1.807, 2.05) is 0 Å². The Labute approximate surface area is 106 Å². The average Bonchev–Trinajstić information content (AvgIpc) is 2.11. The maximum Gasteiger partial charge on any atom is 0.416 e. The summed E-state index contributed by atoms with van der Waals surface area (Å²) in [5.74, 6) is 0. The fourth-order valence-corrected chi connectivity index (χ4v) is 1.46. The first-order valence-electron chi connectivity index (χ1n) is 5.37. The zero-order valence-corrected chi connectivity index (χ0v) is 10.5. The molecule has 19 heavy (non-hydrogen) atoms. The summed E-state index contributed by atoms with van der Waals surface area (Å²) in [6.07, 6.45) is -9.65. The minimum atomic E-state index is -4.82. The summed E-state index contributed by atoms with van der Waals surface area (Å²) in [5.41, 5.74) is -3.51. The highest BCUT2D eigenvalue weighted by Crippen LogP contribution is 2.37. The third kappa shape index (κ3) is 4.65. The minimum absolute atomic E-state index is 0.105. The minimum Gasteiger partial charge on any atom is -0.380 e. The van der Waals surface area contributed by atoms with E-state index < -0.39 is 29.0 Å². The monoisotopic (exact) mass is 285 g/mol. The van der Waals surface area contributed by atoms with Crippen molar-refractivity contribution in [1.82, 2.24) is 0 Å². The van der Waals surface area contributed by atoms with Gasteiger partial charge >= 0.3 is 12.4 Å². The Balaban J connectivity index is 3.33. The average molecular weight is 285 g/mol. The SMILES string of the molecule is CC(C)(C)Nc1cc(C(F)(F)F)cc(C(F)(F)F)c1. The molecule has 1 aromatic carbocycles. The van der Waals surface area contributed by atoms with Gasteiger partial charge in [0.1, 0.15) is 0 Å². The lowest BCUT2D eigenvalue weighted by atomic mass is 10.0. The summed E-state index contributed by atoms with van der Waals surface area (Å²) in [5, 5.41) is 2.61. The molecule has 1 rings (SSSR count). The molecule has 1 nitrogen and oxygen atoms in total. The number of halogens is 6. The maximum absolute atomic E-state index is 12.6. The van der Waals surface area contributed by atoms with Crippen LogP contribution in [0.15, 0.2) is 18.2 Å². The van der Waals surface area contributed by atoms with E-state index in [0.717, 1.165) is 0 Å². The van der Waals surface area contributed by atoms with Gasteiger partial charge in [0, 0.05) is 11.2 Å². The highest BCUT2D eigenvalue weighted by molar-refractivity contribution is 5.51. The molecule has 0 aliphatic heterocycles. The second-order valence-corrected chi connectivity index (χ2v) is 5.17. The predicted octanol–water partition coefficient (Wildman–Crippen LogP) is 4.93. The van der Waals surface area contributed by atoms with Crippen molar-refractivity contribution < 1.29 is 26.3 Å². The van der Waals surface area contributed by atoms with Crippen molar-refractivity contribution in [3.8, 4) is 0 Å². The van der Waals surface area contributed by atoms with Crippen LogP contribution >= 0.6 is 0 Å². The van der Waals surface area contributed by atoms with E-state index in [-0.39, 0.29) is 11.8 Å². The largest absolute Gasteiger partial charge is 0.416 e. The number of benzene rings is 1. The van der Waals surface area contributed by atoms with Gasteiger partial charge in [0.2, 0.25) is 0 Å². The van der Waals surface area contributed by atoms with Crippen molar-refractivity contribution in [2.75, 3.05) is 5.32 Å². The molecule has 0 amide bonds. The Morgan fingerprint density at radius 3 is 1.37 bits per heavy atom. The van der Waals surface area contributed by atoms with Crippen molar-refractivity contribution in [2.45, 2.75) is 38.7 Å². The molecule has 0 saturated carbocycles. The molecule has 7 heteroatoms. The van der Waals surface area contributed by atoms with E-state index >= 15 is 0 Å². The third-order valence-corrected chi connectivity index (χ3v) is 2.11. The van der Waals surface area contributed by atoms with Gasteiger partial charge in [-0.2, -0.15) is 26.3 Å². The van der Waals surface area contributed by atoms with Gasteiger partial charge in [-0.05, 0) is 39.0 Å². The standard InChI is InChI=1S/C12H13F6N/c1-10(2,3)19-9-5-7(11(13,14)15)4-8(6-9)12(16,17)18/h4-6,19H,1-3H3. The van der Waals surface area contributed by atoms with Gasteiger partial charge in [0.15, 0.2) is 0 Å². The highest BCUT2D eigenvalue weighted by atomic mass is 19.4. The zero-order valence-electron chi connectivity index (χ0n) is 10.5. The molecule has 1 aromatic rings. The zero-order chi connectivity index (χ0) is 15.1. The normalized spacial score (nSPS) is 13.5. The van der Waals surface area contributed by atoms with Gasteiger partial charge in [0.05, 0.1) is 11.1 Å². The van der Waals surface area contributed by atoms with Crippen molar-refractivity contribution in [2.24, 2.45) is 0 Å². The van der Waals surface area contributed by atoms with E-state index in [9.17, 15) is 26.3 Å². The Kier molecular flexibility index (Phi) is 3.80. The topological polar surface area (TPSA) is 12.0 Å². The van der Waals surface area contributed by atoms with E-state index in [1.54, 1.807) is 20.8 Å². The molecule has 0 aliphatic rings. The molecule has 1 N–H and O–H groups in total. The summed E-state index contributed by atoms with van der Waals surface area (Å²) in [4.78, 5) is 0. The molecule has 0 saturated heterocycles. The highest BCUT2D eigenvalue weighted by Gasteiger charge is 2.37. The van der Waals surface area contributed by atoms with E-state index in [0.29, 0.717) is 12.1 Å². The van der Waals surface area contributed by atoms with Gasteiger partial charge in [-0.1, -0.05) is 0 Å². The summed E-state index contributed by atoms with van der Waals surface area (Å²) < 4.78 is 75.4. The quantitative estimate of drug-likeness (QED) is 0.721. The number of nitrogens with one attached hydrogen (secondary N) is 1. The Hall–Kier alpha value is -1.40. The van der Waals surface area contributed by atoms with Gasteiger partial charge < -0.3 is 5.32 Å². The summed E-state index contributed by atoms with van der Waals surface area (Å²) >= 11 is 0. The lowest BCUT2D eigenvalue weighted by molar-refractivity contribution is -0.143. The van der Waals surface area contributed by atoms with Crippen molar-refractivity contribution in [3.63, 3.8) is 0 Å². The predicted molar refractivity (Wildman–Crippen MR) is 59.8 cm³/mol. The lowest BCUT2D eigenvalue weighted by Gasteiger charge is -2.24. The van der Waals surface area contributed by atoms with Crippen LogP contribution in [0.2, 0.25) is 0 Å². The van der Waals surface area contributed by atoms with Crippen molar-refractivity contribution in [1.29, 1.82) is 0 Å². The van der Waals surface area contributed by atoms with Crippen LogP contribution in [-0.4, -0.2) is 5.54 Å². The van der Waals surface area contributed by atoms with Gasteiger partial charge in [-0.25, -0.2) is 0 Å². The number of rotatable bonds is 1. The molecule has 0 fully saturated rings. The Bertz CT molecular complexity index is 421. The van der Waals surface area contributed by atoms with Crippen LogP contribution in [0.5, 0.6) is 0 Å². The Morgan fingerprint density at radius 1 is 0.737 bits per heavy atom. The Morgan fingerprint density at radius 2 is 1.11 bits per heavy atom. The molecule has 0 heterocycles. The third-order valence-electron chi connectivity index (χ3n) is 2.11. The second kappa shape index (κ2) is 4.61. The fraction of sp³-hybridized carbons (Fsp3) is 0.500. The van der Waals surface area contributed by atoms with Crippen molar-refractivity contribution in [3.05, 3.63) is 29.3 Å². The van der Waals surface area contributed by atoms with E-state index in [4.69, 9.17) is 0 Å². The molecular weight excluding hydrogens is 272 g/mol. The number of hydrogen-bond acceptors (Lipinski definition) is 1. The number of hydrogen-bond donors (Lipinski definition) is 1. The van der Waals surface area contributed by atoms with Crippen LogP contribution in [0.4, 0.5) is 32.0 Å². The van der Waals surface area contributed by atoms with Crippen LogP contribution in [0, 0.1) is 0 Å². The van der Waals surface area contributed by atoms with Crippen molar-refractivity contribution >= 4 is 5.69 Å². The molecular formula is C12H13F6N. The molecule has 0 unspecified atom stereocenters.